The molecule has 3 heteroatoms. The molecule has 2 saturated carbocycles. The fourth-order valence-corrected chi connectivity index (χ4v) is 7.79. The molecular formula is C24H32N2O. The highest BCUT2D eigenvalue weighted by molar-refractivity contribution is 5.72. The SMILES string of the molecule is CC12CCC3C(CCC4N(C=O)CCCC34C)C1CC=C2c1cccnc1. The molecule has 1 aromatic rings. The lowest BCUT2D eigenvalue weighted by molar-refractivity contribution is -0.142. The summed E-state index contributed by atoms with van der Waals surface area (Å²) >= 11 is 0. The number of carbonyl (C=O) groups excluding carboxylic acids is 1. The van der Waals surface area contributed by atoms with E-state index >= 15 is 0 Å². The number of hydrogen-bond donors (Lipinski definition) is 0. The number of hydrogen-bond acceptors (Lipinski definition) is 2. The van der Waals surface area contributed by atoms with E-state index < -0.39 is 0 Å². The summed E-state index contributed by atoms with van der Waals surface area (Å²) in [7, 11) is 0. The predicted molar refractivity (Wildman–Crippen MR) is 108 cm³/mol. The third-order valence-electron chi connectivity index (χ3n) is 9.04. The van der Waals surface area contributed by atoms with E-state index in [0.717, 1.165) is 30.7 Å². The van der Waals surface area contributed by atoms with E-state index in [4.69, 9.17) is 0 Å². The zero-order chi connectivity index (χ0) is 18.6. The summed E-state index contributed by atoms with van der Waals surface area (Å²) < 4.78 is 0. The number of carbonyl (C=O) groups is 1. The molecule has 0 spiro atoms. The Kier molecular flexibility index (Phi) is 4.00. The van der Waals surface area contributed by atoms with Crippen LogP contribution in [0.25, 0.3) is 5.57 Å². The Bertz CT molecular complexity index is 759. The monoisotopic (exact) mass is 364 g/mol. The highest BCUT2D eigenvalue weighted by Crippen LogP contribution is 2.66. The van der Waals surface area contributed by atoms with Crippen LogP contribution >= 0.6 is 0 Å². The molecule has 2 heterocycles. The van der Waals surface area contributed by atoms with Crippen LogP contribution in [0.5, 0.6) is 0 Å². The first-order chi connectivity index (χ1) is 13.1. The van der Waals surface area contributed by atoms with Crippen molar-refractivity contribution in [2.45, 2.75) is 64.8 Å². The molecule has 5 rings (SSSR count). The van der Waals surface area contributed by atoms with Gasteiger partial charge < -0.3 is 4.90 Å². The van der Waals surface area contributed by atoms with Crippen molar-refractivity contribution in [2.75, 3.05) is 6.54 Å². The molecule has 27 heavy (non-hydrogen) atoms. The Morgan fingerprint density at radius 1 is 1.19 bits per heavy atom. The van der Waals surface area contributed by atoms with E-state index in [9.17, 15) is 4.79 Å². The van der Waals surface area contributed by atoms with Gasteiger partial charge in [-0.3, -0.25) is 9.78 Å². The Labute approximate surface area is 163 Å². The number of likely N-dealkylation sites (tertiary alicyclic amines) is 1. The molecule has 3 fully saturated rings. The van der Waals surface area contributed by atoms with Crippen molar-refractivity contribution in [3.8, 4) is 0 Å². The van der Waals surface area contributed by atoms with Crippen LogP contribution in [0.2, 0.25) is 0 Å². The summed E-state index contributed by atoms with van der Waals surface area (Å²) in [5, 5.41) is 0. The maximum atomic E-state index is 11.7. The lowest BCUT2D eigenvalue weighted by Crippen LogP contribution is -2.60. The largest absolute Gasteiger partial charge is 0.342 e. The van der Waals surface area contributed by atoms with Gasteiger partial charge in [0.15, 0.2) is 0 Å². The molecule has 0 radical (unpaired) electrons. The van der Waals surface area contributed by atoms with E-state index in [1.165, 1.54) is 50.5 Å². The third kappa shape index (κ3) is 2.39. The summed E-state index contributed by atoms with van der Waals surface area (Å²) in [5.41, 5.74) is 3.49. The molecule has 1 aliphatic heterocycles. The predicted octanol–water partition coefficient (Wildman–Crippen LogP) is 4.94. The fourth-order valence-electron chi connectivity index (χ4n) is 7.79. The van der Waals surface area contributed by atoms with Gasteiger partial charge >= 0.3 is 0 Å². The molecule has 1 amide bonds. The summed E-state index contributed by atoms with van der Waals surface area (Å²) in [6.45, 7) is 6.00. The Morgan fingerprint density at radius 3 is 2.85 bits per heavy atom. The molecule has 0 N–H and O–H groups in total. The van der Waals surface area contributed by atoms with Gasteiger partial charge in [-0.15, -0.1) is 0 Å². The van der Waals surface area contributed by atoms with Crippen LogP contribution < -0.4 is 0 Å². The van der Waals surface area contributed by atoms with Gasteiger partial charge in [0.25, 0.3) is 0 Å². The number of pyridine rings is 1. The first-order valence-corrected chi connectivity index (χ1v) is 10.9. The topological polar surface area (TPSA) is 33.2 Å². The Balaban J connectivity index is 1.45. The lowest BCUT2D eigenvalue weighted by atomic mass is 9.46. The average molecular weight is 365 g/mol. The number of fused-ring (bicyclic) bond motifs is 5. The number of amides is 1. The van der Waals surface area contributed by atoms with Crippen molar-refractivity contribution in [1.29, 1.82) is 0 Å². The molecule has 0 aromatic carbocycles. The van der Waals surface area contributed by atoms with Crippen molar-refractivity contribution >= 4 is 12.0 Å². The van der Waals surface area contributed by atoms with Gasteiger partial charge in [-0.2, -0.15) is 0 Å². The lowest BCUT2D eigenvalue weighted by Gasteiger charge is -2.61. The van der Waals surface area contributed by atoms with Crippen LogP contribution in [0.15, 0.2) is 30.6 Å². The molecule has 4 aliphatic rings. The zero-order valence-electron chi connectivity index (χ0n) is 16.7. The number of aromatic nitrogens is 1. The smallest absolute Gasteiger partial charge is 0.209 e. The first-order valence-electron chi connectivity index (χ1n) is 10.9. The zero-order valence-corrected chi connectivity index (χ0v) is 16.7. The van der Waals surface area contributed by atoms with Crippen LogP contribution in [0.4, 0.5) is 0 Å². The van der Waals surface area contributed by atoms with Gasteiger partial charge in [-0.05, 0) is 90.7 Å². The van der Waals surface area contributed by atoms with Gasteiger partial charge in [-0.1, -0.05) is 26.0 Å². The molecule has 3 aliphatic carbocycles. The number of nitrogens with zero attached hydrogens (tertiary/aromatic N) is 2. The van der Waals surface area contributed by atoms with E-state index in [2.05, 4.69) is 41.9 Å². The highest BCUT2D eigenvalue weighted by atomic mass is 16.1. The molecule has 144 valence electrons. The van der Waals surface area contributed by atoms with Crippen LogP contribution in [-0.4, -0.2) is 28.9 Å². The second-order valence-electron chi connectivity index (χ2n) is 9.97. The maximum absolute atomic E-state index is 11.7. The number of rotatable bonds is 2. The minimum absolute atomic E-state index is 0.298. The van der Waals surface area contributed by atoms with Crippen molar-refractivity contribution in [1.82, 2.24) is 9.88 Å². The highest BCUT2D eigenvalue weighted by Gasteiger charge is 2.59. The second-order valence-corrected chi connectivity index (χ2v) is 9.97. The van der Waals surface area contributed by atoms with Gasteiger partial charge in [0.2, 0.25) is 6.41 Å². The third-order valence-corrected chi connectivity index (χ3v) is 9.04. The van der Waals surface area contributed by atoms with Crippen LogP contribution in [0.1, 0.15) is 64.4 Å². The first kappa shape index (κ1) is 17.5. The summed E-state index contributed by atoms with van der Waals surface area (Å²) in [4.78, 5) is 18.2. The summed E-state index contributed by atoms with van der Waals surface area (Å²) in [5.74, 6) is 2.34. The van der Waals surface area contributed by atoms with Crippen LogP contribution in [0.3, 0.4) is 0 Å². The van der Waals surface area contributed by atoms with Crippen molar-refractivity contribution in [3.05, 3.63) is 36.2 Å². The molecule has 6 unspecified atom stereocenters. The summed E-state index contributed by atoms with van der Waals surface area (Å²) in [6.07, 6.45) is 16.4. The quantitative estimate of drug-likeness (QED) is 0.697. The Hall–Kier alpha value is -1.64. The molecule has 1 saturated heterocycles. The minimum atomic E-state index is 0.298. The van der Waals surface area contributed by atoms with Gasteiger partial charge in [0, 0.05) is 25.0 Å². The van der Waals surface area contributed by atoms with Crippen LogP contribution in [-0.2, 0) is 4.79 Å². The molecular weight excluding hydrogens is 332 g/mol. The van der Waals surface area contributed by atoms with E-state index in [-0.39, 0.29) is 0 Å². The van der Waals surface area contributed by atoms with Crippen molar-refractivity contribution in [2.24, 2.45) is 28.6 Å². The van der Waals surface area contributed by atoms with E-state index in [1.807, 2.05) is 12.4 Å². The second kappa shape index (κ2) is 6.18. The molecule has 6 atom stereocenters. The Morgan fingerprint density at radius 2 is 2.07 bits per heavy atom. The molecule has 3 nitrogen and oxygen atoms in total. The number of allylic oxidation sites excluding steroid dienone is 2. The average Bonchev–Trinajstić information content (AvgIpc) is 3.05. The molecule has 0 bridgehead atoms. The van der Waals surface area contributed by atoms with Gasteiger partial charge in [0.1, 0.15) is 0 Å². The number of piperidine rings is 1. The maximum Gasteiger partial charge on any atom is 0.209 e. The van der Waals surface area contributed by atoms with E-state index in [1.54, 1.807) is 5.57 Å². The fraction of sp³-hybridized carbons (Fsp3) is 0.667. The minimum Gasteiger partial charge on any atom is -0.342 e. The van der Waals surface area contributed by atoms with Gasteiger partial charge in [-0.25, -0.2) is 0 Å². The normalized spacial score (nSPS) is 43.3. The van der Waals surface area contributed by atoms with E-state index in [0.29, 0.717) is 16.9 Å². The van der Waals surface area contributed by atoms with Crippen molar-refractivity contribution < 1.29 is 4.79 Å². The standard InChI is InChI=1S/C24H32N2O/c1-23-12-10-21-18(6-9-22-24(21,2)11-4-14-26(22)16-27)20(23)8-7-19(23)17-5-3-13-25-15-17/h3,5,7,13,15-16,18,20-22H,4,6,8-12,14H2,1-2H3. The van der Waals surface area contributed by atoms with Crippen molar-refractivity contribution in [3.63, 3.8) is 0 Å². The van der Waals surface area contributed by atoms with Gasteiger partial charge in [0.05, 0.1) is 0 Å². The molecule has 1 aromatic heterocycles. The summed E-state index contributed by atoms with van der Waals surface area (Å²) in [6, 6.07) is 4.78. The van der Waals surface area contributed by atoms with Crippen LogP contribution in [0, 0.1) is 28.6 Å².